The molecule has 0 saturated carbocycles. The third kappa shape index (κ3) is 7.23. The summed E-state index contributed by atoms with van der Waals surface area (Å²) in [5, 5.41) is 0. The fourth-order valence-electron chi connectivity index (χ4n) is 1.53. The first-order valence-corrected chi connectivity index (χ1v) is 6.66. The molecule has 0 aliphatic rings. The van der Waals surface area contributed by atoms with Crippen molar-refractivity contribution in [1.29, 1.82) is 0 Å². The van der Waals surface area contributed by atoms with Gasteiger partial charge >= 0.3 is 6.09 Å². The quantitative estimate of drug-likeness (QED) is 0.645. The summed E-state index contributed by atoms with van der Waals surface area (Å²) in [6, 6.07) is 7.38. The van der Waals surface area contributed by atoms with Crippen molar-refractivity contribution < 1.29 is 19.0 Å². The molecule has 0 radical (unpaired) electrons. The Balaban J connectivity index is 2.57. The number of hydrogen-bond donors (Lipinski definition) is 1. The smallest absolute Gasteiger partial charge is 0.406 e. The van der Waals surface area contributed by atoms with E-state index in [4.69, 9.17) is 19.9 Å². The molecule has 114 valence electrons. The minimum Gasteiger partial charge on any atom is -0.494 e. The van der Waals surface area contributed by atoms with Crippen molar-refractivity contribution in [2.24, 2.45) is 5.73 Å². The summed E-state index contributed by atoms with van der Waals surface area (Å²) < 4.78 is 15.4. The van der Waals surface area contributed by atoms with E-state index >= 15 is 0 Å². The zero-order valence-corrected chi connectivity index (χ0v) is 12.6. The van der Waals surface area contributed by atoms with Gasteiger partial charge in [0, 0.05) is 25.7 Å². The van der Waals surface area contributed by atoms with Crippen LogP contribution < -0.4 is 10.5 Å². The first-order chi connectivity index (χ1) is 9.93. The van der Waals surface area contributed by atoms with Crippen LogP contribution >= 0.6 is 0 Å². The molecule has 0 unspecified atom stereocenters. The largest absolute Gasteiger partial charge is 0.494 e. The molecule has 0 aliphatic heterocycles. The van der Waals surface area contributed by atoms with E-state index in [2.05, 4.69) is 11.8 Å². The summed E-state index contributed by atoms with van der Waals surface area (Å²) in [7, 11) is 1.66. The number of carbonyl (C=O) groups is 1. The third-order valence-corrected chi connectivity index (χ3v) is 2.48. The molecule has 0 bridgehead atoms. The Morgan fingerprint density at radius 1 is 1.24 bits per heavy atom. The molecule has 1 amide bonds. The van der Waals surface area contributed by atoms with Crippen LogP contribution in [0.5, 0.6) is 5.75 Å². The highest BCUT2D eigenvalue weighted by molar-refractivity contribution is 5.65. The molecule has 0 atom stereocenters. The highest BCUT2D eigenvalue weighted by atomic mass is 16.6. The molecule has 0 heterocycles. The van der Waals surface area contributed by atoms with Gasteiger partial charge in [0.15, 0.2) is 5.60 Å². The minimum atomic E-state index is -0.916. The second kappa shape index (κ2) is 8.18. The molecule has 5 heteroatoms. The van der Waals surface area contributed by atoms with Gasteiger partial charge < -0.3 is 19.9 Å². The summed E-state index contributed by atoms with van der Waals surface area (Å²) in [5.74, 6) is 6.57. The number of benzene rings is 1. The highest BCUT2D eigenvalue weighted by Crippen LogP contribution is 2.13. The fourth-order valence-corrected chi connectivity index (χ4v) is 1.53. The van der Waals surface area contributed by atoms with E-state index in [1.54, 1.807) is 21.0 Å². The number of ether oxygens (including phenoxy) is 3. The van der Waals surface area contributed by atoms with Gasteiger partial charge in [-0.25, -0.2) is 4.79 Å². The van der Waals surface area contributed by atoms with Crippen molar-refractivity contribution in [2.45, 2.75) is 25.9 Å². The van der Waals surface area contributed by atoms with Gasteiger partial charge in [0.25, 0.3) is 0 Å². The summed E-state index contributed by atoms with van der Waals surface area (Å²) in [5.41, 5.74) is 4.87. The van der Waals surface area contributed by atoms with Crippen LogP contribution in [-0.2, 0) is 9.47 Å². The van der Waals surface area contributed by atoms with Gasteiger partial charge in [-0.3, -0.25) is 0 Å². The Hall–Kier alpha value is -2.19. The third-order valence-electron chi connectivity index (χ3n) is 2.48. The van der Waals surface area contributed by atoms with Gasteiger partial charge in [0.05, 0.1) is 6.61 Å². The molecule has 0 aliphatic carbocycles. The second-order valence-electron chi connectivity index (χ2n) is 4.90. The monoisotopic (exact) mass is 291 g/mol. The normalized spacial score (nSPS) is 10.4. The molecule has 0 saturated heterocycles. The zero-order chi connectivity index (χ0) is 15.7. The number of carbonyl (C=O) groups excluding carboxylic acids is 1. The lowest BCUT2D eigenvalue weighted by Crippen LogP contribution is -2.29. The molecular formula is C16H21NO4. The van der Waals surface area contributed by atoms with Gasteiger partial charge in [-0.15, -0.1) is 0 Å². The Morgan fingerprint density at radius 2 is 1.90 bits per heavy atom. The first-order valence-electron chi connectivity index (χ1n) is 6.66. The standard InChI is InChI=1S/C16H21NO4/c1-16(2,21-15(17)18)10-9-13-5-7-14(8-6-13)20-12-4-11-19-3/h5-8H,4,11-12H2,1-3H3,(H2,17,18). The van der Waals surface area contributed by atoms with Crippen molar-refractivity contribution in [3.8, 4) is 17.6 Å². The molecule has 0 spiro atoms. The van der Waals surface area contributed by atoms with Crippen LogP contribution in [-0.4, -0.2) is 32.0 Å². The maximum absolute atomic E-state index is 10.7. The predicted molar refractivity (Wildman–Crippen MR) is 80.1 cm³/mol. The second-order valence-corrected chi connectivity index (χ2v) is 4.90. The molecule has 0 aromatic heterocycles. The van der Waals surface area contributed by atoms with Crippen molar-refractivity contribution in [2.75, 3.05) is 20.3 Å². The van der Waals surface area contributed by atoms with Gasteiger partial charge in [-0.1, -0.05) is 11.8 Å². The average Bonchev–Trinajstić information content (AvgIpc) is 2.41. The molecule has 21 heavy (non-hydrogen) atoms. The van der Waals surface area contributed by atoms with E-state index in [9.17, 15) is 4.79 Å². The molecule has 5 nitrogen and oxygen atoms in total. The van der Waals surface area contributed by atoms with Crippen molar-refractivity contribution in [1.82, 2.24) is 0 Å². The van der Waals surface area contributed by atoms with E-state index in [-0.39, 0.29) is 0 Å². The molecule has 1 aromatic rings. The maximum Gasteiger partial charge on any atom is 0.406 e. The number of nitrogens with two attached hydrogens (primary N) is 1. The molecular weight excluding hydrogens is 270 g/mol. The van der Waals surface area contributed by atoms with E-state index in [0.29, 0.717) is 13.2 Å². The molecule has 1 rings (SSSR count). The molecule has 2 N–H and O–H groups in total. The Kier molecular flexibility index (Phi) is 6.57. The zero-order valence-electron chi connectivity index (χ0n) is 12.6. The number of hydrogen-bond acceptors (Lipinski definition) is 4. The van der Waals surface area contributed by atoms with Crippen LogP contribution in [0.3, 0.4) is 0 Å². The topological polar surface area (TPSA) is 70.8 Å². The van der Waals surface area contributed by atoms with E-state index in [0.717, 1.165) is 17.7 Å². The van der Waals surface area contributed by atoms with Crippen LogP contribution in [0, 0.1) is 11.8 Å². The number of rotatable bonds is 6. The fraction of sp³-hybridized carbons (Fsp3) is 0.438. The average molecular weight is 291 g/mol. The van der Waals surface area contributed by atoms with Gasteiger partial charge in [-0.05, 0) is 38.1 Å². The lowest BCUT2D eigenvalue weighted by molar-refractivity contribution is 0.0865. The first kappa shape index (κ1) is 16.9. The predicted octanol–water partition coefficient (Wildman–Crippen LogP) is 2.33. The van der Waals surface area contributed by atoms with Gasteiger partial charge in [0.1, 0.15) is 5.75 Å². The number of amides is 1. The maximum atomic E-state index is 10.7. The van der Waals surface area contributed by atoms with Crippen LogP contribution in [0.2, 0.25) is 0 Å². The van der Waals surface area contributed by atoms with Crippen LogP contribution in [0.15, 0.2) is 24.3 Å². The SMILES string of the molecule is COCCCOc1ccc(C#CC(C)(C)OC(N)=O)cc1. The Bertz CT molecular complexity index is 511. The summed E-state index contributed by atoms with van der Waals surface area (Å²) in [6.07, 6.45) is 0.00516. The summed E-state index contributed by atoms with van der Waals surface area (Å²) in [6.45, 7) is 4.65. The van der Waals surface area contributed by atoms with Crippen molar-refractivity contribution in [3.05, 3.63) is 29.8 Å². The van der Waals surface area contributed by atoms with Crippen LogP contribution in [0.4, 0.5) is 4.79 Å². The van der Waals surface area contributed by atoms with Crippen molar-refractivity contribution in [3.63, 3.8) is 0 Å². The molecule has 0 fully saturated rings. The Labute approximate surface area is 125 Å². The number of primary amides is 1. The van der Waals surface area contributed by atoms with E-state index < -0.39 is 11.7 Å². The molecule has 1 aromatic carbocycles. The summed E-state index contributed by atoms with van der Waals surface area (Å²) >= 11 is 0. The van der Waals surface area contributed by atoms with Gasteiger partial charge in [-0.2, -0.15) is 0 Å². The van der Waals surface area contributed by atoms with E-state index in [1.165, 1.54) is 0 Å². The number of methoxy groups -OCH3 is 1. The summed E-state index contributed by atoms with van der Waals surface area (Å²) in [4.78, 5) is 10.7. The highest BCUT2D eigenvalue weighted by Gasteiger charge is 2.17. The lowest BCUT2D eigenvalue weighted by Gasteiger charge is -2.16. The lowest BCUT2D eigenvalue weighted by atomic mass is 10.1. The van der Waals surface area contributed by atoms with Crippen molar-refractivity contribution >= 4 is 6.09 Å². The Morgan fingerprint density at radius 3 is 2.48 bits per heavy atom. The minimum absolute atomic E-state index is 0.609. The van der Waals surface area contributed by atoms with E-state index in [1.807, 2.05) is 24.3 Å². The van der Waals surface area contributed by atoms with Crippen LogP contribution in [0.1, 0.15) is 25.8 Å². The van der Waals surface area contributed by atoms with Crippen LogP contribution in [0.25, 0.3) is 0 Å². The van der Waals surface area contributed by atoms with Gasteiger partial charge in [0.2, 0.25) is 0 Å².